The van der Waals surface area contributed by atoms with Crippen molar-refractivity contribution in [2.24, 2.45) is 0 Å². The van der Waals surface area contributed by atoms with Crippen LogP contribution in [0.4, 0.5) is 0 Å². The van der Waals surface area contributed by atoms with E-state index in [1.54, 1.807) is 7.11 Å². The van der Waals surface area contributed by atoms with Crippen molar-refractivity contribution < 1.29 is 9.15 Å². The summed E-state index contributed by atoms with van der Waals surface area (Å²) in [7, 11) is 1.65. The van der Waals surface area contributed by atoms with E-state index in [0.29, 0.717) is 5.89 Å². The number of hydrogen-bond acceptors (Lipinski definition) is 4. The third-order valence-corrected chi connectivity index (χ3v) is 3.38. The maximum atomic E-state index is 11.0. The number of fused-ring (bicyclic) bond motifs is 1. The van der Waals surface area contributed by atoms with Crippen molar-refractivity contribution >= 4 is 10.9 Å². The molecule has 2 heterocycles. The standard InChI is InChI=1S/C14H15N3O3/c1-8(13-16-17-14(18)20-13)5-9-7-15-12-4-3-10(19-2)6-11(9)12/h3-4,6-8,15H,5H2,1-2H3,(H,17,18). The first-order valence-electron chi connectivity index (χ1n) is 6.37. The van der Waals surface area contributed by atoms with Gasteiger partial charge in [-0.05, 0) is 30.2 Å². The highest BCUT2D eigenvalue weighted by Crippen LogP contribution is 2.27. The van der Waals surface area contributed by atoms with Crippen LogP contribution in [-0.2, 0) is 6.42 Å². The molecule has 104 valence electrons. The van der Waals surface area contributed by atoms with Crippen LogP contribution in [0.15, 0.2) is 33.6 Å². The van der Waals surface area contributed by atoms with Crippen LogP contribution in [0.25, 0.3) is 10.9 Å². The summed E-state index contributed by atoms with van der Waals surface area (Å²) in [6, 6.07) is 5.89. The van der Waals surface area contributed by atoms with Crippen LogP contribution in [0.1, 0.15) is 24.3 Å². The Kier molecular flexibility index (Phi) is 3.06. The van der Waals surface area contributed by atoms with Gasteiger partial charge in [-0.15, -0.1) is 5.10 Å². The van der Waals surface area contributed by atoms with Crippen molar-refractivity contribution in [2.75, 3.05) is 7.11 Å². The van der Waals surface area contributed by atoms with E-state index in [-0.39, 0.29) is 5.92 Å². The topological polar surface area (TPSA) is 83.9 Å². The number of methoxy groups -OCH3 is 1. The zero-order chi connectivity index (χ0) is 14.1. The van der Waals surface area contributed by atoms with E-state index in [0.717, 1.165) is 28.6 Å². The van der Waals surface area contributed by atoms with E-state index in [1.807, 2.05) is 31.3 Å². The van der Waals surface area contributed by atoms with Crippen LogP contribution in [-0.4, -0.2) is 22.3 Å². The predicted molar refractivity (Wildman–Crippen MR) is 74.1 cm³/mol. The fourth-order valence-corrected chi connectivity index (χ4v) is 2.32. The number of aromatic amines is 2. The number of nitrogens with one attached hydrogen (secondary N) is 2. The van der Waals surface area contributed by atoms with Crippen LogP contribution in [0, 0.1) is 0 Å². The van der Waals surface area contributed by atoms with E-state index in [9.17, 15) is 4.79 Å². The summed E-state index contributed by atoms with van der Waals surface area (Å²) in [5.74, 6) is 0.733. The fourth-order valence-electron chi connectivity index (χ4n) is 2.32. The number of ether oxygens (including phenoxy) is 1. The Bertz CT molecular complexity index is 784. The first-order valence-corrected chi connectivity index (χ1v) is 6.37. The molecule has 0 spiro atoms. The molecule has 0 aliphatic heterocycles. The Morgan fingerprint density at radius 2 is 2.30 bits per heavy atom. The van der Waals surface area contributed by atoms with Crippen molar-refractivity contribution in [1.82, 2.24) is 15.2 Å². The molecule has 0 bridgehead atoms. The molecular weight excluding hydrogens is 258 g/mol. The van der Waals surface area contributed by atoms with Crippen LogP contribution in [0.3, 0.4) is 0 Å². The molecule has 1 atom stereocenters. The van der Waals surface area contributed by atoms with Crippen LogP contribution >= 0.6 is 0 Å². The van der Waals surface area contributed by atoms with Gasteiger partial charge in [0.15, 0.2) is 0 Å². The number of H-pyrrole nitrogens is 2. The number of hydrogen-bond donors (Lipinski definition) is 2. The van der Waals surface area contributed by atoms with E-state index >= 15 is 0 Å². The fraction of sp³-hybridized carbons (Fsp3) is 0.286. The Balaban J connectivity index is 1.92. The van der Waals surface area contributed by atoms with Gasteiger partial charge < -0.3 is 14.1 Å². The predicted octanol–water partition coefficient (Wildman–Crippen LogP) is 2.20. The number of aromatic nitrogens is 3. The molecule has 0 saturated heterocycles. The monoisotopic (exact) mass is 273 g/mol. The zero-order valence-electron chi connectivity index (χ0n) is 11.3. The van der Waals surface area contributed by atoms with Gasteiger partial charge in [0.2, 0.25) is 5.89 Å². The number of benzene rings is 1. The maximum Gasteiger partial charge on any atom is 0.434 e. The molecule has 6 heteroatoms. The second kappa shape index (κ2) is 4.88. The normalized spacial score (nSPS) is 12.7. The third kappa shape index (κ3) is 2.20. The highest BCUT2D eigenvalue weighted by Gasteiger charge is 2.15. The second-order valence-corrected chi connectivity index (χ2v) is 4.78. The van der Waals surface area contributed by atoms with Crippen LogP contribution < -0.4 is 10.5 Å². The first-order chi connectivity index (χ1) is 9.67. The van der Waals surface area contributed by atoms with Gasteiger partial charge in [-0.3, -0.25) is 0 Å². The molecule has 2 N–H and O–H groups in total. The van der Waals surface area contributed by atoms with Crippen molar-refractivity contribution in [3.05, 3.63) is 46.4 Å². The van der Waals surface area contributed by atoms with Gasteiger partial charge in [0.05, 0.1) is 7.11 Å². The smallest absolute Gasteiger partial charge is 0.434 e. The highest BCUT2D eigenvalue weighted by molar-refractivity contribution is 5.84. The maximum absolute atomic E-state index is 11.0. The molecule has 0 saturated carbocycles. The Morgan fingerprint density at radius 3 is 3.00 bits per heavy atom. The van der Waals surface area contributed by atoms with E-state index in [4.69, 9.17) is 9.15 Å². The minimum atomic E-state index is -0.521. The van der Waals surface area contributed by atoms with Crippen LogP contribution in [0.2, 0.25) is 0 Å². The summed E-state index contributed by atoms with van der Waals surface area (Å²) < 4.78 is 10.2. The highest BCUT2D eigenvalue weighted by atomic mass is 16.5. The Labute approximate surface area is 114 Å². The summed E-state index contributed by atoms with van der Waals surface area (Å²) in [5.41, 5.74) is 2.19. The lowest BCUT2D eigenvalue weighted by atomic mass is 10.0. The summed E-state index contributed by atoms with van der Waals surface area (Å²) in [6.45, 7) is 1.97. The molecule has 1 unspecified atom stereocenters. The zero-order valence-corrected chi connectivity index (χ0v) is 11.3. The lowest BCUT2D eigenvalue weighted by Gasteiger charge is -2.06. The quantitative estimate of drug-likeness (QED) is 0.763. The van der Waals surface area contributed by atoms with Crippen molar-refractivity contribution in [2.45, 2.75) is 19.3 Å². The van der Waals surface area contributed by atoms with Gasteiger partial charge in [0.25, 0.3) is 0 Å². The third-order valence-electron chi connectivity index (χ3n) is 3.38. The van der Waals surface area contributed by atoms with Gasteiger partial charge in [-0.25, -0.2) is 9.89 Å². The SMILES string of the molecule is COc1ccc2[nH]cc(CC(C)c3n[nH]c(=O)o3)c2c1. The molecule has 2 aromatic heterocycles. The summed E-state index contributed by atoms with van der Waals surface area (Å²) in [4.78, 5) is 14.2. The largest absolute Gasteiger partial charge is 0.497 e. The van der Waals surface area contributed by atoms with Crippen molar-refractivity contribution in [1.29, 1.82) is 0 Å². The lowest BCUT2D eigenvalue weighted by molar-refractivity contribution is 0.415. The average molecular weight is 273 g/mol. The molecule has 1 aromatic carbocycles. The van der Waals surface area contributed by atoms with Crippen LogP contribution in [0.5, 0.6) is 5.75 Å². The van der Waals surface area contributed by atoms with E-state index in [2.05, 4.69) is 15.2 Å². The number of rotatable bonds is 4. The van der Waals surface area contributed by atoms with Crippen molar-refractivity contribution in [3.63, 3.8) is 0 Å². The first kappa shape index (κ1) is 12.5. The van der Waals surface area contributed by atoms with Gasteiger partial charge in [-0.1, -0.05) is 6.92 Å². The summed E-state index contributed by atoms with van der Waals surface area (Å²) in [6.07, 6.45) is 2.69. The molecule has 0 aliphatic carbocycles. The van der Waals surface area contributed by atoms with Gasteiger partial charge in [0.1, 0.15) is 5.75 Å². The Hall–Kier alpha value is -2.50. The molecule has 3 rings (SSSR count). The molecular formula is C14H15N3O3. The minimum Gasteiger partial charge on any atom is -0.497 e. The van der Waals surface area contributed by atoms with Gasteiger partial charge in [-0.2, -0.15) is 0 Å². The molecule has 0 aliphatic rings. The van der Waals surface area contributed by atoms with Crippen molar-refractivity contribution in [3.8, 4) is 5.75 Å². The van der Waals surface area contributed by atoms with Gasteiger partial charge in [0, 0.05) is 23.0 Å². The average Bonchev–Trinajstić information content (AvgIpc) is 3.05. The molecule has 0 radical (unpaired) electrons. The van der Waals surface area contributed by atoms with E-state index < -0.39 is 5.76 Å². The minimum absolute atomic E-state index is 0.0131. The number of nitrogens with zero attached hydrogens (tertiary/aromatic N) is 1. The van der Waals surface area contributed by atoms with Gasteiger partial charge >= 0.3 is 5.76 Å². The van der Waals surface area contributed by atoms with E-state index in [1.165, 1.54) is 0 Å². The molecule has 0 amide bonds. The second-order valence-electron chi connectivity index (χ2n) is 4.78. The summed E-state index contributed by atoms with van der Waals surface area (Å²) in [5, 5.41) is 7.26. The summed E-state index contributed by atoms with van der Waals surface area (Å²) >= 11 is 0. The molecule has 6 nitrogen and oxygen atoms in total. The molecule has 3 aromatic rings. The Morgan fingerprint density at radius 1 is 1.45 bits per heavy atom. The molecule has 20 heavy (non-hydrogen) atoms. The lowest BCUT2D eigenvalue weighted by Crippen LogP contribution is -1.99. The molecule has 0 fully saturated rings.